The van der Waals surface area contributed by atoms with Gasteiger partial charge in [0, 0.05) is 12.1 Å². The van der Waals surface area contributed by atoms with E-state index in [9.17, 15) is 4.39 Å². The standard InChI is InChI=1S/C15H20FN3O/c1-4-15(5-2,9-17)14-18-13(19-20-14)11-6-10(3)7-12(16)8-11/h6-8H,4-5,9,17H2,1-3H3. The maximum atomic E-state index is 13.4. The van der Waals surface area contributed by atoms with Crippen molar-refractivity contribution < 1.29 is 8.91 Å². The van der Waals surface area contributed by atoms with Gasteiger partial charge in [-0.1, -0.05) is 19.0 Å². The number of aromatic nitrogens is 2. The van der Waals surface area contributed by atoms with Crippen LogP contribution in [0.3, 0.4) is 0 Å². The van der Waals surface area contributed by atoms with Crippen LogP contribution in [0, 0.1) is 12.7 Å². The molecule has 0 saturated carbocycles. The third kappa shape index (κ3) is 2.58. The lowest BCUT2D eigenvalue weighted by Gasteiger charge is -2.24. The van der Waals surface area contributed by atoms with Gasteiger partial charge in [0.1, 0.15) is 5.82 Å². The molecule has 0 unspecified atom stereocenters. The average Bonchev–Trinajstić information content (AvgIpc) is 2.91. The van der Waals surface area contributed by atoms with Gasteiger partial charge in [0.05, 0.1) is 5.41 Å². The van der Waals surface area contributed by atoms with Crippen molar-refractivity contribution in [2.45, 2.75) is 39.0 Å². The minimum atomic E-state index is -0.303. The van der Waals surface area contributed by atoms with E-state index in [1.54, 1.807) is 0 Å². The van der Waals surface area contributed by atoms with Gasteiger partial charge in [0.25, 0.3) is 0 Å². The summed E-state index contributed by atoms with van der Waals surface area (Å²) in [6.07, 6.45) is 1.65. The molecular formula is C15H20FN3O. The zero-order valence-electron chi connectivity index (χ0n) is 12.1. The van der Waals surface area contributed by atoms with Gasteiger partial charge in [0.2, 0.25) is 11.7 Å². The number of hydrogen-bond donors (Lipinski definition) is 1. The maximum absolute atomic E-state index is 13.4. The highest BCUT2D eigenvalue weighted by Gasteiger charge is 2.33. The maximum Gasteiger partial charge on any atom is 0.234 e. The molecule has 5 heteroatoms. The van der Waals surface area contributed by atoms with E-state index >= 15 is 0 Å². The van der Waals surface area contributed by atoms with E-state index in [0.29, 0.717) is 23.8 Å². The number of nitrogens with zero attached hydrogens (tertiary/aromatic N) is 2. The van der Waals surface area contributed by atoms with Crippen LogP contribution in [-0.4, -0.2) is 16.7 Å². The van der Waals surface area contributed by atoms with Gasteiger partial charge >= 0.3 is 0 Å². The van der Waals surface area contributed by atoms with Crippen molar-refractivity contribution in [2.75, 3.05) is 6.54 Å². The summed E-state index contributed by atoms with van der Waals surface area (Å²) in [6.45, 7) is 6.37. The topological polar surface area (TPSA) is 64.9 Å². The van der Waals surface area contributed by atoms with Gasteiger partial charge in [-0.15, -0.1) is 0 Å². The highest BCUT2D eigenvalue weighted by atomic mass is 19.1. The predicted octanol–water partition coefficient (Wildman–Crippen LogP) is 3.20. The Kier molecular flexibility index (Phi) is 4.18. The van der Waals surface area contributed by atoms with Crippen LogP contribution in [0.5, 0.6) is 0 Å². The van der Waals surface area contributed by atoms with Crippen molar-refractivity contribution in [1.82, 2.24) is 10.1 Å². The van der Waals surface area contributed by atoms with Crippen molar-refractivity contribution in [2.24, 2.45) is 5.73 Å². The van der Waals surface area contributed by atoms with Gasteiger partial charge in [-0.05, 0) is 43.5 Å². The Morgan fingerprint density at radius 1 is 1.25 bits per heavy atom. The molecule has 0 saturated heterocycles. The van der Waals surface area contributed by atoms with Crippen LogP contribution in [0.15, 0.2) is 22.7 Å². The number of rotatable bonds is 5. The lowest BCUT2D eigenvalue weighted by molar-refractivity contribution is 0.267. The molecule has 0 fully saturated rings. The van der Waals surface area contributed by atoms with E-state index < -0.39 is 0 Å². The number of benzene rings is 1. The molecule has 2 rings (SSSR count). The quantitative estimate of drug-likeness (QED) is 0.911. The first-order valence-electron chi connectivity index (χ1n) is 6.86. The normalized spacial score (nSPS) is 11.8. The molecule has 0 aliphatic heterocycles. The Morgan fingerprint density at radius 2 is 1.95 bits per heavy atom. The monoisotopic (exact) mass is 277 g/mol. The minimum Gasteiger partial charge on any atom is -0.338 e. The Labute approximate surface area is 118 Å². The van der Waals surface area contributed by atoms with Crippen molar-refractivity contribution in [3.63, 3.8) is 0 Å². The van der Waals surface area contributed by atoms with Crippen molar-refractivity contribution in [1.29, 1.82) is 0 Å². The summed E-state index contributed by atoms with van der Waals surface area (Å²) < 4.78 is 18.8. The average molecular weight is 277 g/mol. The molecule has 0 aliphatic carbocycles. The fourth-order valence-corrected chi connectivity index (χ4v) is 2.35. The summed E-state index contributed by atoms with van der Waals surface area (Å²) in [5.41, 5.74) is 7.01. The Balaban J connectivity index is 2.42. The van der Waals surface area contributed by atoms with Gasteiger partial charge in [0.15, 0.2) is 0 Å². The van der Waals surface area contributed by atoms with E-state index in [1.165, 1.54) is 12.1 Å². The molecule has 1 aromatic carbocycles. The summed E-state index contributed by atoms with van der Waals surface area (Å²) in [6, 6.07) is 4.70. The highest BCUT2D eigenvalue weighted by Crippen LogP contribution is 2.31. The zero-order valence-corrected chi connectivity index (χ0v) is 12.1. The van der Waals surface area contributed by atoms with Gasteiger partial charge in [-0.25, -0.2) is 4.39 Å². The van der Waals surface area contributed by atoms with Crippen LogP contribution in [0.4, 0.5) is 4.39 Å². The van der Waals surface area contributed by atoms with E-state index in [1.807, 2.05) is 26.8 Å². The molecule has 20 heavy (non-hydrogen) atoms. The second-order valence-corrected chi connectivity index (χ2v) is 5.13. The molecule has 1 aromatic heterocycles. The molecule has 0 bridgehead atoms. The highest BCUT2D eigenvalue weighted by molar-refractivity contribution is 5.55. The van der Waals surface area contributed by atoms with Crippen LogP contribution in [0.2, 0.25) is 0 Å². The third-order valence-corrected chi connectivity index (χ3v) is 3.92. The molecular weight excluding hydrogens is 257 g/mol. The van der Waals surface area contributed by atoms with Crippen molar-refractivity contribution >= 4 is 0 Å². The van der Waals surface area contributed by atoms with Crippen LogP contribution in [-0.2, 0) is 5.41 Å². The molecule has 1 heterocycles. The second kappa shape index (κ2) is 5.71. The molecule has 0 aliphatic rings. The van der Waals surface area contributed by atoms with E-state index in [2.05, 4.69) is 10.1 Å². The van der Waals surface area contributed by atoms with Crippen LogP contribution in [0.1, 0.15) is 38.1 Å². The molecule has 108 valence electrons. The van der Waals surface area contributed by atoms with Crippen LogP contribution in [0.25, 0.3) is 11.4 Å². The van der Waals surface area contributed by atoms with E-state index in [-0.39, 0.29) is 11.2 Å². The molecule has 0 amide bonds. The number of nitrogens with two attached hydrogens (primary N) is 1. The predicted molar refractivity (Wildman–Crippen MR) is 75.7 cm³/mol. The largest absolute Gasteiger partial charge is 0.338 e. The Morgan fingerprint density at radius 3 is 2.50 bits per heavy atom. The smallest absolute Gasteiger partial charge is 0.234 e. The molecule has 0 atom stereocenters. The van der Waals surface area contributed by atoms with Gasteiger partial charge in [-0.3, -0.25) is 0 Å². The van der Waals surface area contributed by atoms with Crippen molar-refractivity contribution in [3.05, 3.63) is 35.5 Å². The van der Waals surface area contributed by atoms with Crippen molar-refractivity contribution in [3.8, 4) is 11.4 Å². The molecule has 0 radical (unpaired) electrons. The lowest BCUT2D eigenvalue weighted by atomic mass is 9.82. The second-order valence-electron chi connectivity index (χ2n) is 5.13. The van der Waals surface area contributed by atoms with Gasteiger partial charge in [-0.2, -0.15) is 4.98 Å². The van der Waals surface area contributed by atoms with E-state index in [0.717, 1.165) is 18.4 Å². The third-order valence-electron chi connectivity index (χ3n) is 3.92. The number of hydrogen-bond acceptors (Lipinski definition) is 4. The van der Waals surface area contributed by atoms with Crippen LogP contribution >= 0.6 is 0 Å². The Hall–Kier alpha value is -1.75. The summed E-state index contributed by atoms with van der Waals surface area (Å²) in [5.74, 6) is 0.631. The molecule has 2 N–H and O–H groups in total. The number of halogens is 1. The first-order valence-corrected chi connectivity index (χ1v) is 6.86. The first-order chi connectivity index (χ1) is 9.54. The zero-order chi connectivity index (χ0) is 14.8. The SMILES string of the molecule is CCC(CC)(CN)c1nc(-c2cc(C)cc(F)c2)no1. The summed E-state index contributed by atoms with van der Waals surface area (Å²) in [7, 11) is 0. The summed E-state index contributed by atoms with van der Waals surface area (Å²) >= 11 is 0. The minimum absolute atomic E-state index is 0.298. The molecule has 0 spiro atoms. The first kappa shape index (κ1) is 14.7. The fourth-order valence-electron chi connectivity index (χ4n) is 2.35. The number of aryl methyl sites for hydroxylation is 1. The van der Waals surface area contributed by atoms with E-state index in [4.69, 9.17) is 10.3 Å². The summed E-state index contributed by atoms with van der Waals surface area (Å²) in [4.78, 5) is 4.42. The molecule has 2 aromatic rings. The summed E-state index contributed by atoms with van der Waals surface area (Å²) in [5, 5.41) is 3.97. The Bertz CT molecular complexity index is 562. The van der Waals surface area contributed by atoms with Crippen LogP contribution < -0.4 is 5.73 Å². The lowest BCUT2D eigenvalue weighted by Crippen LogP contribution is -2.34. The van der Waals surface area contributed by atoms with Gasteiger partial charge < -0.3 is 10.3 Å². The fraction of sp³-hybridized carbons (Fsp3) is 0.467. The molecule has 4 nitrogen and oxygen atoms in total.